The van der Waals surface area contributed by atoms with Crippen molar-refractivity contribution >= 4 is 9.84 Å². The maximum Gasteiger partial charge on any atom is 0.175 e. The minimum absolute atomic E-state index is 0.241. The molecule has 4 rings (SSSR count). The number of hydrogen-bond donors (Lipinski definition) is 1. The minimum Gasteiger partial charge on any atom is -0.369 e. The highest BCUT2D eigenvalue weighted by Gasteiger charge is 2.16. The summed E-state index contributed by atoms with van der Waals surface area (Å²) in [5.41, 5.74) is 3.93. The van der Waals surface area contributed by atoms with Gasteiger partial charge in [-0.15, -0.1) is 0 Å². The summed E-state index contributed by atoms with van der Waals surface area (Å²) in [6.45, 7) is 0.719. The van der Waals surface area contributed by atoms with Crippen LogP contribution in [0.25, 0.3) is 22.5 Å². The number of nitrogens with zero attached hydrogens (tertiary/aromatic N) is 1. The van der Waals surface area contributed by atoms with Gasteiger partial charge >= 0.3 is 0 Å². The van der Waals surface area contributed by atoms with Crippen LogP contribution < -0.4 is 0 Å². The smallest absolute Gasteiger partial charge is 0.175 e. The van der Waals surface area contributed by atoms with Gasteiger partial charge in [0.25, 0.3) is 0 Å². The molecule has 0 bridgehead atoms. The second-order valence-corrected chi connectivity index (χ2v) is 9.20. The fraction of sp³-hybridized carbons (Fsp3) is 0.125. The van der Waals surface area contributed by atoms with E-state index in [4.69, 9.17) is 4.74 Å². The Morgan fingerprint density at radius 3 is 2.16 bits per heavy atom. The molecule has 0 unspecified atom stereocenters. The molecule has 0 spiro atoms. The van der Waals surface area contributed by atoms with E-state index in [0.717, 1.165) is 16.7 Å². The van der Waals surface area contributed by atoms with Crippen LogP contribution in [0.4, 0.5) is 4.39 Å². The number of nitrogens with one attached hydrogen (secondary N) is 1. The Hall–Kier alpha value is -3.29. The molecule has 158 valence electrons. The maximum atomic E-state index is 13.4. The maximum absolute atomic E-state index is 13.4. The van der Waals surface area contributed by atoms with E-state index >= 15 is 0 Å². The summed E-state index contributed by atoms with van der Waals surface area (Å²) in [5.74, 6) is 0.294. The quantitative estimate of drug-likeness (QED) is 0.442. The summed E-state index contributed by atoms with van der Waals surface area (Å²) < 4.78 is 42.7. The van der Waals surface area contributed by atoms with E-state index in [2.05, 4.69) is 9.97 Å². The zero-order valence-electron chi connectivity index (χ0n) is 16.9. The Morgan fingerprint density at radius 1 is 0.871 bits per heavy atom. The first-order valence-corrected chi connectivity index (χ1v) is 11.6. The number of ether oxygens (including phenoxy) is 1. The predicted molar refractivity (Wildman–Crippen MR) is 117 cm³/mol. The molecule has 0 aliphatic rings. The van der Waals surface area contributed by atoms with Gasteiger partial charge < -0.3 is 9.72 Å². The fourth-order valence-electron chi connectivity index (χ4n) is 3.22. The van der Waals surface area contributed by atoms with Gasteiger partial charge in [-0.25, -0.2) is 17.8 Å². The van der Waals surface area contributed by atoms with Crippen LogP contribution in [0.2, 0.25) is 0 Å². The Bertz CT molecular complexity index is 1270. The summed E-state index contributed by atoms with van der Waals surface area (Å²) in [7, 11) is -3.29. The highest BCUT2D eigenvalue weighted by atomic mass is 32.2. The van der Waals surface area contributed by atoms with Gasteiger partial charge in [-0.1, -0.05) is 42.5 Å². The van der Waals surface area contributed by atoms with Crippen LogP contribution in [0.1, 0.15) is 11.4 Å². The molecule has 7 heteroatoms. The second kappa shape index (κ2) is 8.83. The van der Waals surface area contributed by atoms with Crippen molar-refractivity contribution in [2.24, 2.45) is 0 Å². The molecular weight excluding hydrogens is 415 g/mol. The van der Waals surface area contributed by atoms with Gasteiger partial charge in [-0.2, -0.15) is 0 Å². The van der Waals surface area contributed by atoms with Gasteiger partial charge in [-0.05, 0) is 42.0 Å². The molecule has 0 saturated heterocycles. The van der Waals surface area contributed by atoms with E-state index in [1.54, 1.807) is 36.4 Å². The average Bonchev–Trinajstić information content (AvgIpc) is 3.19. The lowest BCUT2D eigenvalue weighted by atomic mass is 10.1. The summed E-state index contributed by atoms with van der Waals surface area (Å²) >= 11 is 0. The first kappa shape index (κ1) is 21.0. The molecule has 3 aromatic carbocycles. The molecule has 0 fully saturated rings. The number of H-pyrrole nitrogens is 1. The van der Waals surface area contributed by atoms with Crippen LogP contribution in [0.5, 0.6) is 0 Å². The van der Waals surface area contributed by atoms with Crippen molar-refractivity contribution in [2.75, 3.05) is 6.26 Å². The molecule has 1 N–H and O–H groups in total. The number of halogens is 1. The minimum atomic E-state index is -3.29. The molecule has 0 saturated carbocycles. The Morgan fingerprint density at radius 2 is 1.52 bits per heavy atom. The van der Waals surface area contributed by atoms with Gasteiger partial charge in [0.2, 0.25) is 0 Å². The number of aromatic amines is 1. The van der Waals surface area contributed by atoms with Gasteiger partial charge in [-0.3, -0.25) is 0 Å². The van der Waals surface area contributed by atoms with E-state index < -0.39 is 9.84 Å². The monoisotopic (exact) mass is 436 g/mol. The predicted octanol–water partition coefficient (Wildman–Crippen LogP) is 5.00. The van der Waals surface area contributed by atoms with Crippen molar-refractivity contribution in [2.45, 2.75) is 18.1 Å². The van der Waals surface area contributed by atoms with Gasteiger partial charge in [0.15, 0.2) is 9.84 Å². The number of hydrogen-bond acceptors (Lipinski definition) is 4. The second-order valence-electron chi connectivity index (χ2n) is 7.19. The first-order chi connectivity index (χ1) is 14.9. The Kier molecular flexibility index (Phi) is 5.97. The number of imidazole rings is 1. The van der Waals surface area contributed by atoms with Crippen LogP contribution in [-0.4, -0.2) is 24.6 Å². The number of aromatic nitrogens is 2. The van der Waals surface area contributed by atoms with E-state index in [9.17, 15) is 12.8 Å². The van der Waals surface area contributed by atoms with Crippen LogP contribution in [-0.2, 0) is 27.8 Å². The molecule has 31 heavy (non-hydrogen) atoms. The van der Waals surface area contributed by atoms with Crippen LogP contribution in [0, 0.1) is 5.82 Å². The highest BCUT2D eigenvalue weighted by Crippen LogP contribution is 2.31. The SMILES string of the molecule is CS(=O)(=O)c1ccc(-c2[nH]c(COCc3ccccc3)nc2-c2ccc(F)cc2)cc1. The standard InChI is InChI=1S/C24H21FN2O3S/c1-31(28,29)21-13-9-19(10-14-21)24-23(18-7-11-20(25)12-8-18)26-22(27-24)16-30-15-17-5-3-2-4-6-17/h2-14H,15-16H2,1H3,(H,26,27). The average molecular weight is 437 g/mol. The number of benzene rings is 3. The van der Waals surface area contributed by atoms with Gasteiger partial charge in [0.05, 0.1) is 22.9 Å². The van der Waals surface area contributed by atoms with Crippen molar-refractivity contribution < 1.29 is 17.5 Å². The molecule has 4 aromatic rings. The largest absolute Gasteiger partial charge is 0.369 e. The van der Waals surface area contributed by atoms with Crippen LogP contribution >= 0.6 is 0 Å². The molecule has 0 radical (unpaired) electrons. The molecule has 1 aromatic heterocycles. The Labute approximate surface area is 180 Å². The van der Waals surface area contributed by atoms with Crippen molar-refractivity contribution in [3.8, 4) is 22.5 Å². The summed E-state index contributed by atoms with van der Waals surface area (Å²) in [4.78, 5) is 8.19. The van der Waals surface area contributed by atoms with E-state index in [1.807, 2.05) is 30.3 Å². The Balaban J connectivity index is 1.64. The summed E-state index contributed by atoms with van der Waals surface area (Å²) in [6.07, 6.45) is 1.17. The third-order valence-electron chi connectivity index (χ3n) is 4.79. The molecule has 1 heterocycles. The number of rotatable bonds is 7. The van der Waals surface area contributed by atoms with E-state index in [1.165, 1.54) is 18.4 Å². The lowest BCUT2D eigenvalue weighted by molar-refractivity contribution is 0.102. The molecule has 0 aliphatic carbocycles. The molecule has 0 atom stereocenters. The zero-order chi connectivity index (χ0) is 21.8. The molecule has 0 amide bonds. The normalized spacial score (nSPS) is 11.5. The van der Waals surface area contributed by atoms with Crippen LogP contribution in [0.15, 0.2) is 83.8 Å². The van der Waals surface area contributed by atoms with Gasteiger partial charge in [0, 0.05) is 17.4 Å². The lowest BCUT2D eigenvalue weighted by Crippen LogP contribution is -1.96. The third-order valence-corrected chi connectivity index (χ3v) is 5.92. The summed E-state index contributed by atoms with van der Waals surface area (Å²) in [5, 5.41) is 0. The van der Waals surface area contributed by atoms with Crippen molar-refractivity contribution in [1.82, 2.24) is 9.97 Å². The van der Waals surface area contributed by atoms with Crippen LogP contribution in [0.3, 0.4) is 0 Å². The molecular formula is C24H21FN2O3S. The lowest BCUT2D eigenvalue weighted by Gasteiger charge is -2.05. The van der Waals surface area contributed by atoms with Crippen molar-refractivity contribution in [1.29, 1.82) is 0 Å². The van der Waals surface area contributed by atoms with Gasteiger partial charge in [0.1, 0.15) is 18.2 Å². The van der Waals surface area contributed by atoms with E-state index in [0.29, 0.717) is 23.8 Å². The van der Waals surface area contributed by atoms with E-state index in [-0.39, 0.29) is 17.3 Å². The topological polar surface area (TPSA) is 72.0 Å². The number of sulfone groups is 1. The molecule has 5 nitrogen and oxygen atoms in total. The van der Waals surface area contributed by atoms with Crippen molar-refractivity contribution in [3.63, 3.8) is 0 Å². The zero-order valence-corrected chi connectivity index (χ0v) is 17.7. The third kappa shape index (κ3) is 5.07. The first-order valence-electron chi connectivity index (χ1n) is 9.67. The fourth-order valence-corrected chi connectivity index (χ4v) is 3.86. The summed E-state index contributed by atoms with van der Waals surface area (Å²) in [6, 6.07) is 22.5. The highest BCUT2D eigenvalue weighted by molar-refractivity contribution is 7.90. The van der Waals surface area contributed by atoms with Crippen molar-refractivity contribution in [3.05, 3.63) is 96.1 Å². The molecule has 0 aliphatic heterocycles.